The van der Waals surface area contributed by atoms with Crippen LogP contribution in [0.1, 0.15) is 77.2 Å². The zero-order valence-corrected chi connectivity index (χ0v) is 22.2. The van der Waals surface area contributed by atoms with Gasteiger partial charge in [-0.05, 0) is 0 Å². The third kappa shape index (κ3) is 6.57. The molecule has 29 heavy (non-hydrogen) atoms. The van der Waals surface area contributed by atoms with Gasteiger partial charge in [-0.2, -0.15) is 0 Å². The molecule has 0 aliphatic carbocycles. The second-order valence-corrected chi connectivity index (χ2v) is 21.5. The van der Waals surface area contributed by atoms with Crippen LogP contribution in [0.15, 0.2) is 28.1 Å². The van der Waals surface area contributed by atoms with Crippen LogP contribution in [0, 0.1) is 0 Å². The van der Waals surface area contributed by atoms with Crippen molar-refractivity contribution in [3.8, 4) is 11.5 Å². The molecule has 1 atom stereocenters. The molecule has 0 spiro atoms. The van der Waals surface area contributed by atoms with Gasteiger partial charge in [0.05, 0.1) is 0 Å². The summed E-state index contributed by atoms with van der Waals surface area (Å²) in [4.78, 5) is 0. The van der Waals surface area contributed by atoms with Gasteiger partial charge in [-0.1, -0.05) is 0 Å². The van der Waals surface area contributed by atoms with Crippen LogP contribution in [0.3, 0.4) is 0 Å². The molecule has 0 saturated carbocycles. The Labute approximate surface area is 183 Å². The minimum atomic E-state index is -2.51. The summed E-state index contributed by atoms with van der Waals surface area (Å²) in [6.07, 6.45) is 11.6. The first-order chi connectivity index (χ1) is 14.1. The molecule has 0 fully saturated rings. The molecule has 0 aromatic heterocycles. The second-order valence-electron chi connectivity index (χ2n) is 8.48. The van der Waals surface area contributed by atoms with Crippen LogP contribution >= 0.6 is 0 Å². The zero-order valence-electron chi connectivity index (χ0n) is 19.4. The minimum absolute atomic E-state index is 0.430. The van der Waals surface area contributed by atoms with Gasteiger partial charge in [-0.3, -0.25) is 0 Å². The summed E-state index contributed by atoms with van der Waals surface area (Å²) >= 11 is -2.51. The second kappa shape index (κ2) is 12.8. The molecular formula is C25H42O3Sn. The fourth-order valence-electron chi connectivity index (χ4n) is 4.58. The topological polar surface area (TPSA) is 27.7 Å². The molecule has 1 unspecified atom stereocenters. The maximum absolute atomic E-state index is 6.49. The average Bonchev–Trinajstić information content (AvgIpc) is 2.78. The number of hydrogen-bond donors (Lipinski definition) is 0. The van der Waals surface area contributed by atoms with Crippen molar-refractivity contribution in [3.63, 3.8) is 0 Å². The molecule has 1 heterocycles. The van der Waals surface area contributed by atoms with E-state index in [9.17, 15) is 0 Å². The Morgan fingerprint density at radius 2 is 1.48 bits per heavy atom. The van der Waals surface area contributed by atoms with Gasteiger partial charge in [0.1, 0.15) is 0 Å². The molecule has 0 saturated heterocycles. The normalized spacial score (nSPS) is 16.9. The van der Waals surface area contributed by atoms with E-state index >= 15 is 0 Å². The summed E-state index contributed by atoms with van der Waals surface area (Å²) < 4.78 is 23.3. The number of methoxy groups -OCH3 is 2. The van der Waals surface area contributed by atoms with Crippen LogP contribution in [0.4, 0.5) is 0 Å². The van der Waals surface area contributed by atoms with Crippen LogP contribution in [0.25, 0.3) is 0 Å². The fraction of sp³-hybridized carbons (Fsp3) is 0.680. The predicted molar refractivity (Wildman–Crippen MR) is 126 cm³/mol. The maximum atomic E-state index is 6.49. The third-order valence-electron chi connectivity index (χ3n) is 6.42. The summed E-state index contributed by atoms with van der Waals surface area (Å²) in [6.45, 7) is 7.85. The molecule has 1 aliphatic heterocycles. The van der Waals surface area contributed by atoms with E-state index in [1.807, 2.05) is 6.07 Å². The first-order valence-corrected chi connectivity index (χ1v) is 19.2. The SMILES string of the molecule is CCC[CH2][Sn]([CH2]CCC)([CH2]CCC)[C]1=CC(c2ccc(OC)c(OC)c2)CCO1. The van der Waals surface area contributed by atoms with Crippen molar-refractivity contribution in [2.45, 2.75) is 84.9 Å². The van der Waals surface area contributed by atoms with Crippen molar-refractivity contribution in [3.05, 3.63) is 33.6 Å². The van der Waals surface area contributed by atoms with Gasteiger partial charge in [-0.15, -0.1) is 0 Å². The predicted octanol–water partition coefficient (Wildman–Crippen LogP) is 7.48. The number of hydrogen-bond acceptors (Lipinski definition) is 3. The van der Waals surface area contributed by atoms with Gasteiger partial charge in [-0.25, -0.2) is 0 Å². The van der Waals surface area contributed by atoms with Crippen LogP contribution < -0.4 is 9.47 Å². The Morgan fingerprint density at radius 1 is 0.897 bits per heavy atom. The molecule has 0 amide bonds. The molecule has 164 valence electrons. The van der Waals surface area contributed by atoms with Crippen LogP contribution in [-0.4, -0.2) is 39.2 Å². The first kappa shape index (κ1) is 24.4. The molecular weight excluding hydrogens is 467 g/mol. The summed E-state index contributed by atoms with van der Waals surface area (Å²) in [7, 11) is 3.41. The average molecular weight is 509 g/mol. The van der Waals surface area contributed by atoms with Crippen molar-refractivity contribution >= 4 is 18.4 Å². The quantitative estimate of drug-likeness (QED) is 0.258. The van der Waals surface area contributed by atoms with Crippen molar-refractivity contribution in [2.75, 3.05) is 20.8 Å². The number of unbranched alkanes of at least 4 members (excludes halogenated alkanes) is 3. The summed E-state index contributed by atoms with van der Waals surface area (Å²) in [5, 5.41) is 0. The monoisotopic (exact) mass is 510 g/mol. The summed E-state index contributed by atoms with van der Waals surface area (Å²) in [5.74, 6) is 2.05. The molecule has 2 rings (SSSR count). The Balaban J connectivity index is 2.37. The Bertz CT molecular complexity index is 619. The standard InChI is InChI=1S/C13H15O3.3C4H9.Sn/c1-14-12-4-3-11(9-13(12)15-2)10-5-7-16-8-6-10;3*1-3-4-2;/h3-5,9-10H,6,8H2,1-2H3;3*1,3-4H2,2H3;. The van der Waals surface area contributed by atoms with E-state index in [4.69, 9.17) is 14.2 Å². The van der Waals surface area contributed by atoms with Crippen molar-refractivity contribution in [1.82, 2.24) is 0 Å². The van der Waals surface area contributed by atoms with Gasteiger partial charge in [0, 0.05) is 0 Å². The first-order valence-electron chi connectivity index (χ1n) is 11.7. The van der Waals surface area contributed by atoms with Gasteiger partial charge in [0.15, 0.2) is 0 Å². The van der Waals surface area contributed by atoms with Crippen molar-refractivity contribution in [1.29, 1.82) is 0 Å². The van der Waals surface area contributed by atoms with Crippen LogP contribution in [0.5, 0.6) is 11.5 Å². The van der Waals surface area contributed by atoms with E-state index in [0.717, 1.165) is 24.5 Å². The van der Waals surface area contributed by atoms with Gasteiger partial charge >= 0.3 is 183 Å². The number of benzene rings is 1. The van der Waals surface area contributed by atoms with E-state index in [1.165, 1.54) is 61.2 Å². The third-order valence-corrected chi connectivity index (χ3v) is 21.5. The zero-order chi connectivity index (χ0) is 21.1. The summed E-state index contributed by atoms with van der Waals surface area (Å²) in [5.41, 5.74) is 1.32. The van der Waals surface area contributed by atoms with Gasteiger partial charge < -0.3 is 0 Å². The van der Waals surface area contributed by atoms with Gasteiger partial charge in [0.2, 0.25) is 0 Å². The molecule has 1 aromatic rings. The molecule has 0 N–H and O–H groups in total. The van der Waals surface area contributed by atoms with Gasteiger partial charge in [0.25, 0.3) is 0 Å². The molecule has 1 aliphatic rings. The number of rotatable bonds is 13. The van der Waals surface area contributed by atoms with E-state index in [1.54, 1.807) is 14.2 Å². The van der Waals surface area contributed by atoms with Crippen LogP contribution in [-0.2, 0) is 4.74 Å². The number of ether oxygens (including phenoxy) is 3. The van der Waals surface area contributed by atoms with Crippen molar-refractivity contribution in [2.24, 2.45) is 0 Å². The Kier molecular flexibility index (Phi) is 10.8. The molecule has 0 radical (unpaired) electrons. The van der Waals surface area contributed by atoms with E-state index in [-0.39, 0.29) is 0 Å². The molecule has 1 aromatic carbocycles. The van der Waals surface area contributed by atoms with E-state index in [0.29, 0.717) is 5.92 Å². The van der Waals surface area contributed by atoms with E-state index < -0.39 is 18.4 Å². The molecule has 3 nitrogen and oxygen atoms in total. The van der Waals surface area contributed by atoms with Crippen molar-refractivity contribution < 1.29 is 14.2 Å². The Morgan fingerprint density at radius 3 is 2.00 bits per heavy atom. The van der Waals surface area contributed by atoms with E-state index in [2.05, 4.69) is 39.0 Å². The molecule has 4 heteroatoms. The Hall–Kier alpha value is -0.841. The van der Waals surface area contributed by atoms with Crippen LogP contribution in [0.2, 0.25) is 13.3 Å². The number of allylic oxidation sites excluding steroid dienone is 1. The fourth-order valence-corrected chi connectivity index (χ4v) is 20.4. The molecule has 0 bridgehead atoms. The summed E-state index contributed by atoms with van der Waals surface area (Å²) in [6, 6.07) is 6.40.